The second-order valence-electron chi connectivity index (χ2n) is 8.08. The summed E-state index contributed by atoms with van der Waals surface area (Å²) in [7, 11) is 1.71. The van der Waals surface area contributed by atoms with Crippen LogP contribution in [0.3, 0.4) is 0 Å². The normalized spacial score (nSPS) is 11.5. The van der Waals surface area contributed by atoms with Crippen molar-refractivity contribution in [2.24, 2.45) is 4.99 Å². The molecule has 0 aromatic heterocycles. The fourth-order valence-corrected chi connectivity index (χ4v) is 2.90. The molecule has 30 heavy (non-hydrogen) atoms. The zero-order valence-electron chi connectivity index (χ0n) is 18.3. The average Bonchev–Trinajstić information content (AvgIpc) is 2.65. The van der Waals surface area contributed by atoms with E-state index in [1.165, 1.54) is 6.07 Å². The number of amides is 1. The van der Waals surface area contributed by atoms with Crippen LogP contribution < -0.4 is 16.0 Å². The number of carbonyl (C=O) groups excluding carboxylic acids is 1. The van der Waals surface area contributed by atoms with Crippen LogP contribution in [0.4, 0.5) is 4.39 Å². The minimum atomic E-state index is -0.278. The molecule has 0 atom stereocenters. The Balaban J connectivity index is 0.00000450. The van der Waals surface area contributed by atoms with Gasteiger partial charge in [-0.1, -0.05) is 18.2 Å². The summed E-state index contributed by atoms with van der Waals surface area (Å²) in [6.45, 7) is 9.01. The number of aryl methyl sites for hydroxylation is 1. The number of halogens is 2. The summed E-state index contributed by atoms with van der Waals surface area (Å²) >= 11 is 0. The largest absolute Gasteiger partial charge is 0.356 e. The maximum atomic E-state index is 13.2. The molecule has 2 aromatic carbocycles. The van der Waals surface area contributed by atoms with E-state index in [-0.39, 0.29) is 41.2 Å². The van der Waals surface area contributed by atoms with E-state index in [0.717, 1.165) is 23.1 Å². The molecule has 0 unspecified atom stereocenters. The minimum Gasteiger partial charge on any atom is -0.356 e. The number of guanidine groups is 1. The van der Waals surface area contributed by atoms with Crippen molar-refractivity contribution in [1.82, 2.24) is 16.0 Å². The lowest BCUT2D eigenvalue weighted by Gasteiger charge is -2.20. The van der Waals surface area contributed by atoms with Gasteiger partial charge >= 0.3 is 0 Å². The lowest BCUT2D eigenvalue weighted by Crippen LogP contribution is -2.40. The summed E-state index contributed by atoms with van der Waals surface area (Å²) in [5.41, 5.74) is 3.39. The zero-order valence-corrected chi connectivity index (χ0v) is 20.6. The van der Waals surface area contributed by atoms with Crippen LogP contribution in [-0.2, 0) is 13.0 Å². The molecule has 0 aliphatic heterocycles. The number of hydrogen-bond acceptors (Lipinski definition) is 2. The topological polar surface area (TPSA) is 65.5 Å². The number of benzene rings is 2. The fourth-order valence-electron chi connectivity index (χ4n) is 2.90. The predicted molar refractivity (Wildman–Crippen MR) is 132 cm³/mol. The number of nitrogens with zero attached hydrogens (tertiary/aromatic N) is 1. The monoisotopic (exact) mass is 526 g/mol. The van der Waals surface area contributed by atoms with Crippen molar-refractivity contribution in [2.45, 2.75) is 46.2 Å². The molecule has 0 bridgehead atoms. The molecule has 1 amide bonds. The Bertz CT molecular complexity index is 878. The number of carbonyl (C=O) groups is 1. The first-order valence-corrected chi connectivity index (χ1v) is 9.79. The van der Waals surface area contributed by atoms with Crippen LogP contribution in [0.2, 0.25) is 0 Å². The first kappa shape index (κ1) is 25.9. The smallest absolute Gasteiger partial charge is 0.251 e. The van der Waals surface area contributed by atoms with E-state index in [4.69, 9.17) is 0 Å². The molecule has 3 N–H and O–H groups in total. The van der Waals surface area contributed by atoms with Crippen LogP contribution in [0.15, 0.2) is 47.5 Å². The van der Waals surface area contributed by atoms with Crippen LogP contribution in [0.5, 0.6) is 0 Å². The van der Waals surface area contributed by atoms with Crippen molar-refractivity contribution < 1.29 is 9.18 Å². The van der Waals surface area contributed by atoms with Gasteiger partial charge < -0.3 is 16.0 Å². The highest BCUT2D eigenvalue weighted by atomic mass is 127. The minimum absolute atomic E-state index is 0. The quantitative estimate of drug-likeness (QED) is 0.301. The van der Waals surface area contributed by atoms with E-state index in [2.05, 4.69) is 20.9 Å². The van der Waals surface area contributed by atoms with Gasteiger partial charge in [0, 0.05) is 31.2 Å². The number of aliphatic imine (C=N–C) groups is 1. The summed E-state index contributed by atoms with van der Waals surface area (Å²) in [6.07, 6.45) is 0.773. The third-order valence-corrected chi connectivity index (χ3v) is 4.35. The Labute approximate surface area is 196 Å². The third-order valence-electron chi connectivity index (χ3n) is 4.35. The molecular formula is C23H32FIN4O. The number of hydrogen-bond donors (Lipinski definition) is 3. The third kappa shape index (κ3) is 8.69. The average molecular weight is 526 g/mol. The molecule has 0 fully saturated rings. The van der Waals surface area contributed by atoms with Crippen LogP contribution in [0.1, 0.15) is 47.8 Å². The molecule has 7 heteroatoms. The van der Waals surface area contributed by atoms with Crippen molar-refractivity contribution in [3.63, 3.8) is 0 Å². The van der Waals surface area contributed by atoms with E-state index in [1.807, 2.05) is 58.0 Å². The second kappa shape index (κ2) is 11.9. The number of nitrogens with one attached hydrogen (secondary N) is 3. The van der Waals surface area contributed by atoms with E-state index < -0.39 is 0 Å². The molecule has 0 spiro atoms. The summed E-state index contributed by atoms with van der Waals surface area (Å²) < 4.78 is 13.2. The van der Waals surface area contributed by atoms with Crippen LogP contribution in [0, 0.1) is 12.7 Å². The van der Waals surface area contributed by atoms with E-state index in [9.17, 15) is 9.18 Å². The maximum Gasteiger partial charge on any atom is 0.251 e. The molecule has 0 saturated heterocycles. The van der Waals surface area contributed by atoms with Gasteiger partial charge in [-0.2, -0.15) is 0 Å². The highest BCUT2D eigenvalue weighted by molar-refractivity contribution is 14.0. The van der Waals surface area contributed by atoms with Gasteiger partial charge in [-0.3, -0.25) is 9.79 Å². The molecule has 5 nitrogen and oxygen atoms in total. The van der Waals surface area contributed by atoms with Gasteiger partial charge in [0.1, 0.15) is 5.82 Å². The Hall–Kier alpha value is -2.16. The zero-order chi connectivity index (χ0) is 21.4. The molecule has 0 radical (unpaired) electrons. The van der Waals surface area contributed by atoms with Crippen molar-refractivity contribution in [3.8, 4) is 0 Å². The highest BCUT2D eigenvalue weighted by Gasteiger charge is 2.15. The van der Waals surface area contributed by atoms with Crippen molar-refractivity contribution >= 4 is 35.8 Å². The molecule has 0 aliphatic rings. The van der Waals surface area contributed by atoms with Crippen LogP contribution in [-0.4, -0.2) is 31.0 Å². The van der Waals surface area contributed by atoms with Crippen molar-refractivity contribution in [2.75, 3.05) is 13.6 Å². The Morgan fingerprint density at radius 1 is 1.10 bits per heavy atom. The summed E-state index contributed by atoms with van der Waals surface area (Å²) in [5.74, 6) is 0.376. The van der Waals surface area contributed by atoms with Gasteiger partial charge in [0.2, 0.25) is 0 Å². The van der Waals surface area contributed by atoms with Crippen LogP contribution in [0.25, 0.3) is 0 Å². The standard InChI is InChI=1S/C23H31FN4O.HI/c1-16-13-20(24)10-9-18(16)11-12-26-22(25-5)27-15-17-7-6-8-19(14-17)21(29)28-23(2,3)4;/h6-10,13-14H,11-12,15H2,1-5H3,(H,28,29)(H2,25,26,27);1H. The van der Waals surface area contributed by atoms with Crippen molar-refractivity contribution in [1.29, 1.82) is 0 Å². The highest BCUT2D eigenvalue weighted by Crippen LogP contribution is 2.10. The second-order valence-corrected chi connectivity index (χ2v) is 8.08. The lowest BCUT2D eigenvalue weighted by atomic mass is 10.1. The first-order chi connectivity index (χ1) is 13.7. The maximum absolute atomic E-state index is 13.2. The Morgan fingerprint density at radius 2 is 1.83 bits per heavy atom. The van der Waals surface area contributed by atoms with Gasteiger partial charge in [0.05, 0.1) is 0 Å². The molecule has 2 rings (SSSR count). The predicted octanol–water partition coefficient (Wildman–Crippen LogP) is 4.19. The SMILES string of the molecule is CN=C(NCCc1ccc(F)cc1C)NCc1cccc(C(=O)NC(C)(C)C)c1.I. The molecule has 0 aliphatic carbocycles. The van der Waals surface area contributed by atoms with E-state index in [1.54, 1.807) is 13.1 Å². The van der Waals surface area contributed by atoms with Crippen molar-refractivity contribution in [3.05, 3.63) is 70.5 Å². The molecule has 2 aromatic rings. The van der Waals surface area contributed by atoms with Gasteiger partial charge in [-0.15, -0.1) is 24.0 Å². The van der Waals surface area contributed by atoms with Gasteiger partial charge in [-0.25, -0.2) is 4.39 Å². The lowest BCUT2D eigenvalue weighted by molar-refractivity contribution is 0.0919. The van der Waals surface area contributed by atoms with E-state index in [0.29, 0.717) is 24.6 Å². The molecular weight excluding hydrogens is 494 g/mol. The molecule has 164 valence electrons. The van der Waals surface area contributed by atoms with Gasteiger partial charge in [-0.05, 0) is 75.1 Å². The molecule has 0 saturated carbocycles. The summed E-state index contributed by atoms with van der Waals surface area (Å²) in [5, 5.41) is 9.49. The number of rotatable bonds is 6. The van der Waals surface area contributed by atoms with Gasteiger partial charge in [0.15, 0.2) is 5.96 Å². The van der Waals surface area contributed by atoms with E-state index >= 15 is 0 Å². The first-order valence-electron chi connectivity index (χ1n) is 9.79. The Kier molecular flexibility index (Phi) is 10.2. The summed E-state index contributed by atoms with van der Waals surface area (Å²) in [4.78, 5) is 16.6. The Morgan fingerprint density at radius 3 is 2.47 bits per heavy atom. The van der Waals surface area contributed by atoms with Crippen LogP contribution >= 0.6 is 24.0 Å². The fraction of sp³-hybridized carbons (Fsp3) is 0.391. The molecule has 0 heterocycles. The summed E-state index contributed by atoms with van der Waals surface area (Å²) in [6, 6.07) is 12.4. The van der Waals surface area contributed by atoms with Gasteiger partial charge in [0.25, 0.3) is 5.91 Å².